The molecule has 0 aromatic heterocycles. The van der Waals surface area contributed by atoms with Crippen LogP contribution in [0.2, 0.25) is 0 Å². The van der Waals surface area contributed by atoms with Crippen molar-refractivity contribution < 1.29 is 4.79 Å². The fourth-order valence-electron chi connectivity index (χ4n) is 2.02. The van der Waals surface area contributed by atoms with Gasteiger partial charge in [0.2, 0.25) is 0 Å². The fraction of sp³-hybridized carbons (Fsp3) is 0.357. The van der Waals surface area contributed by atoms with E-state index in [2.05, 4.69) is 10.9 Å². The van der Waals surface area contributed by atoms with Gasteiger partial charge in [0.05, 0.1) is 0 Å². The summed E-state index contributed by atoms with van der Waals surface area (Å²) < 4.78 is 0. The molecular formula is C14H18N2O. The smallest absolute Gasteiger partial charge is 0.269 e. The fourth-order valence-corrected chi connectivity index (χ4v) is 2.02. The highest BCUT2D eigenvalue weighted by atomic mass is 16.2. The molecule has 0 spiro atoms. The molecule has 3 nitrogen and oxygen atoms in total. The summed E-state index contributed by atoms with van der Waals surface area (Å²) in [7, 11) is 0. The van der Waals surface area contributed by atoms with Gasteiger partial charge in [-0.3, -0.25) is 10.2 Å². The Labute approximate surface area is 102 Å². The maximum atomic E-state index is 11.7. The Bertz CT molecular complexity index is 390. The minimum Gasteiger partial charge on any atom is -0.306 e. The lowest BCUT2D eigenvalue weighted by molar-refractivity contribution is 0.0941. The topological polar surface area (TPSA) is 41.1 Å². The quantitative estimate of drug-likeness (QED) is 0.784. The number of hydrazine groups is 1. The van der Waals surface area contributed by atoms with E-state index >= 15 is 0 Å². The van der Waals surface area contributed by atoms with Gasteiger partial charge in [-0.05, 0) is 37.8 Å². The minimum absolute atomic E-state index is 0.0988. The van der Waals surface area contributed by atoms with Gasteiger partial charge in [-0.25, -0.2) is 0 Å². The average molecular weight is 230 g/mol. The third-order valence-electron chi connectivity index (χ3n) is 2.99. The van der Waals surface area contributed by atoms with E-state index in [1.807, 2.05) is 24.4 Å². The Kier molecular flexibility index (Phi) is 4.19. The van der Waals surface area contributed by atoms with E-state index in [0.717, 1.165) is 12.8 Å². The Balaban J connectivity index is 1.80. The van der Waals surface area contributed by atoms with Crippen molar-refractivity contribution in [1.82, 2.24) is 10.9 Å². The normalized spacial score (nSPS) is 15.2. The van der Waals surface area contributed by atoms with Crippen LogP contribution in [-0.4, -0.2) is 5.91 Å². The zero-order chi connectivity index (χ0) is 11.9. The second-order valence-electron chi connectivity index (χ2n) is 4.33. The highest BCUT2D eigenvalue weighted by Crippen LogP contribution is 2.21. The van der Waals surface area contributed by atoms with Crippen LogP contribution in [0.1, 0.15) is 42.5 Å². The van der Waals surface area contributed by atoms with Crippen LogP contribution in [0.5, 0.6) is 0 Å². The van der Waals surface area contributed by atoms with Crippen molar-refractivity contribution in [3.05, 3.63) is 47.7 Å². The van der Waals surface area contributed by atoms with Crippen LogP contribution in [-0.2, 0) is 0 Å². The van der Waals surface area contributed by atoms with Crippen molar-refractivity contribution in [3.63, 3.8) is 0 Å². The molecule has 1 fully saturated rings. The van der Waals surface area contributed by atoms with E-state index in [1.54, 1.807) is 12.1 Å². The molecule has 2 N–H and O–H groups in total. The summed E-state index contributed by atoms with van der Waals surface area (Å²) in [4.78, 5) is 11.7. The Morgan fingerprint density at radius 2 is 1.76 bits per heavy atom. The number of rotatable bonds is 3. The first-order chi connectivity index (χ1) is 8.36. The molecule has 0 atom stereocenters. The zero-order valence-corrected chi connectivity index (χ0v) is 9.91. The van der Waals surface area contributed by atoms with Gasteiger partial charge in [0.15, 0.2) is 0 Å². The maximum Gasteiger partial charge on any atom is 0.269 e. The van der Waals surface area contributed by atoms with Crippen molar-refractivity contribution in [1.29, 1.82) is 0 Å². The molecule has 90 valence electrons. The summed E-state index contributed by atoms with van der Waals surface area (Å²) in [6.07, 6.45) is 8.08. The van der Waals surface area contributed by atoms with Gasteiger partial charge in [-0.15, -0.1) is 0 Å². The molecule has 0 bridgehead atoms. The van der Waals surface area contributed by atoms with Gasteiger partial charge >= 0.3 is 0 Å². The first kappa shape index (κ1) is 11.7. The number of carbonyl (C=O) groups is 1. The van der Waals surface area contributed by atoms with E-state index in [4.69, 9.17) is 0 Å². The number of hydrogen-bond acceptors (Lipinski definition) is 2. The lowest BCUT2D eigenvalue weighted by Gasteiger charge is -2.14. The number of amides is 1. The van der Waals surface area contributed by atoms with Crippen molar-refractivity contribution in [2.24, 2.45) is 0 Å². The van der Waals surface area contributed by atoms with E-state index in [-0.39, 0.29) is 5.91 Å². The van der Waals surface area contributed by atoms with Crippen LogP contribution in [0.15, 0.2) is 42.1 Å². The summed E-state index contributed by atoms with van der Waals surface area (Å²) in [5, 5.41) is 0. The second-order valence-corrected chi connectivity index (χ2v) is 4.33. The number of carbonyl (C=O) groups excluding carboxylic acids is 1. The van der Waals surface area contributed by atoms with Crippen LogP contribution in [0.3, 0.4) is 0 Å². The van der Waals surface area contributed by atoms with Gasteiger partial charge in [-0.1, -0.05) is 30.2 Å². The Morgan fingerprint density at radius 1 is 1.06 bits per heavy atom. The third-order valence-corrected chi connectivity index (χ3v) is 2.99. The molecule has 0 aliphatic heterocycles. The molecule has 1 saturated carbocycles. The minimum atomic E-state index is -0.0988. The molecule has 0 radical (unpaired) electrons. The molecule has 0 unspecified atom stereocenters. The molecule has 0 heterocycles. The largest absolute Gasteiger partial charge is 0.306 e. The van der Waals surface area contributed by atoms with Gasteiger partial charge in [0.25, 0.3) is 5.91 Å². The standard InChI is InChI=1S/C14H18N2O/c17-14(13-9-5-2-6-10-13)16-15-11-12-7-3-1-4-8-12/h2,5-6,9-11,15H,1,3-4,7-8H2,(H,16,17). The highest BCUT2D eigenvalue weighted by molar-refractivity contribution is 5.93. The Morgan fingerprint density at radius 3 is 2.47 bits per heavy atom. The lowest BCUT2D eigenvalue weighted by atomic mass is 9.96. The summed E-state index contributed by atoms with van der Waals surface area (Å²) in [6, 6.07) is 9.20. The van der Waals surface area contributed by atoms with Gasteiger partial charge in [0, 0.05) is 11.8 Å². The van der Waals surface area contributed by atoms with E-state index < -0.39 is 0 Å². The first-order valence-corrected chi connectivity index (χ1v) is 6.15. The highest BCUT2D eigenvalue weighted by Gasteiger charge is 2.05. The summed E-state index contributed by atoms with van der Waals surface area (Å²) in [5.74, 6) is -0.0988. The summed E-state index contributed by atoms with van der Waals surface area (Å²) in [6.45, 7) is 0. The zero-order valence-electron chi connectivity index (χ0n) is 9.91. The predicted octanol–water partition coefficient (Wildman–Crippen LogP) is 2.77. The van der Waals surface area contributed by atoms with Gasteiger partial charge in [0.1, 0.15) is 0 Å². The van der Waals surface area contributed by atoms with E-state index in [0.29, 0.717) is 5.56 Å². The molecule has 2 rings (SSSR count). The molecule has 1 aromatic rings. The third kappa shape index (κ3) is 3.63. The molecule has 3 heteroatoms. The molecule has 1 aromatic carbocycles. The number of allylic oxidation sites excluding steroid dienone is 1. The summed E-state index contributed by atoms with van der Waals surface area (Å²) in [5.41, 5.74) is 7.63. The molecule has 1 amide bonds. The molecule has 0 saturated heterocycles. The predicted molar refractivity (Wildman–Crippen MR) is 68.2 cm³/mol. The molecule has 1 aliphatic carbocycles. The average Bonchev–Trinajstić information content (AvgIpc) is 2.41. The first-order valence-electron chi connectivity index (χ1n) is 6.15. The van der Waals surface area contributed by atoms with Crippen LogP contribution in [0.4, 0.5) is 0 Å². The second kappa shape index (κ2) is 6.09. The maximum absolute atomic E-state index is 11.7. The van der Waals surface area contributed by atoms with Crippen LogP contribution >= 0.6 is 0 Å². The number of hydrogen-bond donors (Lipinski definition) is 2. The molecule has 17 heavy (non-hydrogen) atoms. The van der Waals surface area contributed by atoms with E-state index in [1.165, 1.54) is 24.8 Å². The van der Waals surface area contributed by atoms with Crippen molar-refractivity contribution in [2.45, 2.75) is 32.1 Å². The van der Waals surface area contributed by atoms with Crippen LogP contribution in [0.25, 0.3) is 0 Å². The SMILES string of the molecule is O=C(NNC=C1CCCCC1)c1ccccc1. The lowest BCUT2D eigenvalue weighted by Crippen LogP contribution is -2.33. The van der Waals surface area contributed by atoms with Crippen LogP contribution in [0, 0.1) is 0 Å². The molecule has 1 aliphatic rings. The summed E-state index contributed by atoms with van der Waals surface area (Å²) >= 11 is 0. The van der Waals surface area contributed by atoms with Crippen LogP contribution < -0.4 is 10.9 Å². The van der Waals surface area contributed by atoms with Gasteiger partial charge in [-0.2, -0.15) is 0 Å². The Hall–Kier alpha value is -1.77. The van der Waals surface area contributed by atoms with Crippen molar-refractivity contribution in [3.8, 4) is 0 Å². The number of benzene rings is 1. The number of nitrogens with one attached hydrogen (secondary N) is 2. The molecular weight excluding hydrogens is 212 g/mol. The van der Waals surface area contributed by atoms with Crippen molar-refractivity contribution >= 4 is 5.91 Å². The van der Waals surface area contributed by atoms with Crippen molar-refractivity contribution in [2.75, 3.05) is 0 Å². The van der Waals surface area contributed by atoms with E-state index in [9.17, 15) is 4.79 Å². The monoisotopic (exact) mass is 230 g/mol. The van der Waals surface area contributed by atoms with Gasteiger partial charge < -0.3 is 5.43 Å².